The van der Waals surface area contributed by atoms with Gasteiger partial charge in [0, 0.05) is 62.5 Å². The molecule has 6 aromatic rings. The largest absolute Gasteiger partial charge is 0.444 e. The van der Waals surface area contributed by atoms with Gasteiger partial charge in [0.1, 0.15) is 34.1 Å². The fourth-order valence-corrected chi connectivity index (χ4v) is 11.4. The number of anilines is 4. The topological polar surface area (TPSA) is 267 Å². The number of pyridine rings is 2. The lowest BCUT2D eigenvalue weighted by Crippen LogP contribution is -2.47. The van der Waals surface area contributed by atoms with Crippen molar-refractivity contribution in [3.8, 4) is 5.75 Å². The minimum atomic E-state index is -2.71. The number of urea groups is 1. The summed E-state index contributed by atoms with van der Waals surface area (Å²) in [6.07, 6.45) is 7.69. The van der Waals surface area contributed by atoms with Crippen LogP contribution in [-0.2, 0) is 63.1 Å². The van der Waals surface area contributed by atoms with Crippen LogP contribution in [0.2, 0.25) is 0 Å². The summed E-state index contributed by atoms with van der Waals surface area (Å²) >= 11 is 2.25. The zero-order chi connectivity index (χ0) is 68.2. The smallest absolute Gasteiger partial charge is 0.417 e. The van der Waals surface area contributed by atoms with Crippen molar-refractivity contribution >= 4 is 87.2 Å². The summed E-state index contributed by atoms with van der Waals surface area (Å²) in [5.74, 6) is 1.00. The van der Waals surface area contributed by atoms with Crippen LogP contribution in [0.1, 0.15) is 155 Å². The van der Waals surface area contributed by atoms with Crippen LogP contribution < -0.4 is 25.2 Å². The van der Waals surface area contributed by atoms with E-state index in [1.807, 2.05) is 82.6 Å². The van der Waals surface area contributed by atoms with Crippen LogP contribution in [0, 0.1) is 3.57 Å². The van der Waals surface area contributed by atoms with Crippen molar-refractivity contribution in [2.45, 2.75) is 195 Å². The number of carbonyl (C=O) groups is 7. The molecule has 3 atom stereocenters. The molecule has 1 saturated carbocycles. The van der Waals surface area contributed by atoms with E-state index in [-0.39, 0.29) is 60.0 Å². The standard InChI is InChI=1S/C18H20F2N6O2.C16H24N4O3.C13H10F2N2O2.C12H18IN3O2.C5H8O/c1-11-9-26-15(14(8-22-26)24-6-2-3-16(24)27)10-25(11)18(28)23-12-4-5-21-13(7-12)17(19)20;1-11-9-20-13(10-19(11)15(22)23-16(2,3)4)12(8-17-20)18-7-5-6-14(18)21;14-12(15)11-8-9(6-7-16-11)17-13(18)19-10-4-2-1-3-5-10;1-8-6-16-10(9(13)5-14-16)7-15(8)11(17)18-12(2,3)4;6-5-3-1-2-4-5/h4-5,7-8,11,17H,2-3,6,9-10H2,1H3,(H,21,23,28);8,11H,5-7,9-10H2,1-4H3;1-8,12H,(H,16,17,18);5,8H,6-7H2,1-4H3;1-4H2/t2*11-;;8-;/m00.0./s1. The molecule has 3 fully saturated rings. The summed E-state index contributed by atoms with van der Waals surface area (Å²) in [4.78, 5) is 98.9. The Hall–Kier alpha value is -8.71. The molecule has 506 valence electrons. The van der Waals surface area contributed by atoms with Gasteiger partial charge in [-0.2, -0.15) is 15.3 Å². The fourth-order valence-electron chi connectivity index (χ4n) is 10.8. The number of amides is 7. The number of aromatic nitrogens is 8. The molecule has 5 aliphatic heterocycles. The number of hydrogen-bond acceptors (Lipinski definition) is 15. The number of fused-ring (bicyclic) bond motifs is 3. The van der Waals surface area contributed by atoms with Crippen LogP contribution in [0.4, 0.5) is 59.5 Å². The van der Waals surface area contributed by atoms with Gasteiger partial charge in [-0.15, -0.1) is 0 Å². The first-order valence-corrected chi connectivity index (χ1v) is 32.1. The Balaban J connectivity index is 0.000000158. The predicted molar refractivity (Wildman–Crippen MR) is 347 cm³/mol. The van der Waals surface area contributed by atoms with Crippen molar-refractivity contribution in [2.24, 2.45) is 0 Å². The van der Waals surface area contributed by atoms with E-state index in [2.05, 4.69) is 58.5 Å². The van der Waals surface area contributed by atoms with Crippen LogP contribution >= 0.6 is 22.6 Å². The van der Waals surface area contributed by atoms with E-state index in [9.17, 15) is 51.1 Å². The third-order valence-electron chi connectivity index (χ3n) is 15.5. The molecule has 0 radical (unpaired) electrons. The van der Waals surface area contributed by atoms with Gasteiger partial charge in [0.05, 0.1) is 108 Å². The maximum Gasteiger partial charge on any atom is 0.417 e. The summed E-state index contributed by atoms with van der Waals surface area (Å²) in [5, 5.41) is 18.1. The van der Waals surface area contributed by atoms with E-state index >= 15 is 0 Å². The van der Waals surface area contributed by atoms with Gasteiger partial charge < -0.3 is 34.2 Å². The number of ether oxygens (including phenoxy) is 3. The highest BCUT2D eigenvalue weighted by molar-refractivity contribution is 14.1. The number of carbonyl (C=O) groups excluding carboxylic acids is 7. The number of benzene rings is 1. The normalized spacial score (nSPS) is 18.3. The lowest BCUT2D eigenvalue weighted by molar-refractivity contribution is -0.118. The van der Waals surface area contributed by atoms with Gasteiger partial charge in [-0.1, -0.05) is 18.2 Å². The Kier molecular flexibility index (Phi) is 23.8. The Bertz CT molecular complexity index is 3640. The first-order chi connectivity index (χ1) is 44.5. The van der Waals surface area contributed by atoms with Gasteiger partial charge in [-0.3, -0.25) is 53.5 Å². The Morgan fingerprint density at radius 3 is 1.41 bits per heavy atom. The first-order valence-electron chi connectivity index (χ1n) is 31.0. The zero-order valence-electron chi connectivity index (χ0n) is 54.1. The van der Waals surface area contributed by atoms with Crippen molar-refractivity contribution in [1.29, 1.82) is 0 Å². The lowest BCUT2D eigenvalue weighted by atomic mass is 10.2. The van der Waals surface area contributed by atoms with Crippen LogP contribution in [0.15, 0.2) is 85.6 Å². The number of ketones is 1. The Morgan fingerprint density at radius 1 is 0.564 bits per heavy atom. The highest BCUT2D eigenvalue weighted by atomic mass is 127. The van der Waals surface area contributed by atoms with Crippen LogP contribution in [0.5, 0.6) is 5.75 Å². The molecule has 6 aliphatic rings. The molecule has 1 aliphatic carbocycles. The van der Waals surface area contributed by atoms with E-state index in [0.717, 1.165) is 95.8 Å². The summed E-state index contributed by atoms with van der Waals surface area (Å²) in [6.45, 7) is 21.5. The Labute approximate surface area is 555 Å². The van der Waals surface area contributed by atoms with E-state index < -0.39 is 47.6 Å². The number of halogens is 5. The molecule has 25 nitrogen and oxygen atoms in total. The van der Waals surface area contributed by atoms with Crippen molar-refractivity contribution in [2.75, 3.05) is 33.5 Å². The molecule has 94 heavy (non-hydrogen) atoms. The van der Waals surface area contributed by atoms with Gasteiger partial charge >= 0.3 is 24.3 Å². The quantitative estimate of drug-likeness (QED) is 0.111. The van der Waals surface area contributed by atoms with Crippen LogP contribution in [0.3, 0.4) is 0 Å². The van der Waals surface area contributed by atoms with E-state index in [1.54, 1.807) is 67.2 Å². The summed E-state index contributed by atoms with van der Waals surface area (Å²) in [7, 11) is 0. The average Bonchev–Trinajstić information content (AvgIpc) is 1.63. The van der Waals surface area contributed by atoms with Crippen molar-refractivity contribution < 1.29 is 65.3 Å². The second-order valence-electron chi connectivity index (χ2n) is 25.2. The minimum Gasteiger partial charge on any atom is -0.444 e. The molecule has 1 aromatic carbocycles. The second kappa shape index (κ2) is 31.5. The number of rotatable bonds is 7. The molecule has 0 unspecified atom stereocenters. The van der Waals surface area contributed by atoms with Gasteiger partial charge in [0.2, 0.25) is 11.8 Å². The molecule has 0 spiro atoms. The molecular formula is C64H80F4IN15O10. The van der Waals surface area contributed by atoms with Gasteiger partial charge in [0.15, 0.2) is 0 Å². The number of hydrogen-bond donors (Lipinski definition) is 2. The summed E-state index contributed by atoms with van der Waals surface area (Å²) < 4.78 is 73.2. The van der Waals surface area contributed by atoms with Gasteiger partial charge in [-0.25, -0.2) is 36.7 Å². The van der Waals surface area contributed by atoms with Crippen molar-refractivity contribution in [3.05, 3.63) is 118 Å². The number of para-hydroxylation sites is 1. The molecule has 0 bridgehead atoms. The van der Waals surface area contributed by atoms with Gasteiger partial charge in [-0.05, 0) is 147 Å². The predicted octanol–water partition coefficient (Wildman–Crippen LogP) is 12.3. The maximum atomic E-state index is 12.8. The molecule has 30 heteroatoms. The van der Waals surface area contributed by atoms with Crippen LogP contribution in [-0.4, -0.2) is 138 Å². The molecule has 2 saturated heterocycles. The third-order valence-corrected chi connectivity index (χ3v) is 16.4. The molecular weight excluding hydrogens is 1340 g/mol. The lowest BCUT2D eigenvalue weighted by Gasteiger charge is -2.36. The Morgan fingerprint density at radius 2 is 0.989 bits per heavy atom. The van der Waals surface area contributed by atoms with Crippen molar-refractivity contribution in [3.63, 3.8) is 0 Å². The van der Waals surface area contributed by atoms with E-state index in [1.165, 1.54) is 24.5 Å². The van der Waals surface area contributed by atoms with Gasteiger partial charge in [0.25, 0.3) is 12.9 Å². The number of Topliss-reactive ketones (excluding diaryl/α,β-unsaturated/α-hetero) is 1. The molecule has 2 N–H and O–H groups in total. The molecule has 10 heterocycles. The summed E-state index contributed by atoms with van der Waals surface area (Å²) in [5.41, 5.74) is 3.03. The van der Waals surface area contributed by atoms with Crippen molar-refractivity contribution in [1.82, 2.24) is 54.0 Å². The first kappa shape index (κ1) is 71.1. The highest BCUT2D eigenvalue weighted by Crippen LogP contribution is 2.33. The van der Waals surface area contributed by atoms with Crippen LogP contribution in [0.25, 0.3) is 0 Å². The highest BCUT2D eigenvalue weighted by Gasteiger charge is 2.37. The van der Waals surface area contributed by atoms with E-state index in [0.29, 0.717) is 57.1 Å². The molecule has 7 amide bonds. The zero-order valence-corrected chi connectivity index (χ0v) is 56.2. The van der Waals surface area contributed by atoms with E-state index in [4.69, 9.17) is 14.2 Å². The molecule has 5 aromatic heterocycles. The average molecular weight is 1420 g/mol. The maximum absolute atomic E-state index is 12.8. The number of nitrogens with one attached hydrogen (secondary N) is 2. The fraction of sp³-hybridized carbons (Fsp3) is 0.500. The summed E-state index contributed by atoms with van der Waals surface area (Å²) in [6, 6.07) is 13.1. The monoisotopic (exact) mass is 1420 g/mol. The number of alkyl halides is 4. The number of nitrogens with zero attached hydrogens (tertiary/aromatic N) is 13. The minimum absolute atomic E-state index is 0.000574. The second-order valence-corrected chi connectivity index (χ2v) is 26.3. The molecule has 12 rings (SSSR count). The SMILES string of the molecule is C[C@H]1Cn2ncc(I)c2CN1C(=O)OC(C)(C)C.C[C@H]1Cn2ncc(N3CCCC3=O)c2CN1C(=O)Nc1ccnc(C(F)F)c1.C[C@H]1Cn2ncc(N3CCCC3=O)c2CN1C(=O)OC(C)(C)C.O=C(Nc1ccnc(C(F)F)c1)Oc1ccccc1.O=C1CCCC1. The third kappa shape index (κ3) is 19.2.